The van der Waals surface area contributed by atoms with E-state index >= 15 is 0 Å². The van der Waals surface area contributed by atoms with E-state index in [1.165, 1.54) is 11.3 Å². The van der Waals surface area contributed by atoms with Crippen molar-refractivity contribution >= 4 is 28.2 Å². The molecule has 1 N–H and O–H groups in total. The molecule has 2 aromatic rings. The van der Waals surface area contributed by atoms with Gasteiger partial charge in [-0.05, 0) is 51.0 Å². The standard InChI is InChI=1S/C14H17ClN2/c1-5-16-14-9(3)10(4)17-13-7-12(15)8(2)6-11(13)14/h6-7H,5H2,1-4H3,(H,16,17). The van der Waals surface area contributed by atoms with E-state index in [-0.39, 0.29) is 0 Å². The van der Waals surface area contributed by atoms with Gasteiger partial charge in [0.1, 0.15) is 0 Å². The zero-order valence-corrected chi connectivity index (χ0v) is 11.4. The Labute approximate surface area is 107 Å². The third kappa shape index (κ3) is 2.09. The van der Waals surface area contributed by atoms with E-state index in [0.717, 1.165) is 33.7 Å². The number of halogens is 1. The molecule has 17 heavy (non-hydrogen) atoms. The molecule has 0 radical (unpaired) electrons. The molecule has 3 heteroatoms. The van der Waals surface area contributed by atoms with Crippen molar-refractivity contribution in [2.75, 3.05) is 11.9 Å². The highest BCUT2D eigenvalue weighted by Gasteiger charge is 2.10. The van der Waals surface area contributed by atoms with Crippen LogP contribution in [0, 0.1) is 20.8 Å². The minimum Gasteiger partial charge on any atom is -0.385 e. The third-order valence-corrected chi connectivity index (χ3v) is 3.51. The zero-order chi connectivity index (χ0) is 12.6. The number of anilines is 1. The van der Waals surface area contributed by atoms with Crippen molar-refractivity contribution in [3.63, 3.8) is 0 Å². The molecule has 2 nitrogen and oxygen atoms in total. The first-order valence-corrected chi connectivity index (χ1v) is 6.23. The molecule has 0 fully saturated rings. The molecule has 0 spiro atoms. The van der Waals surface area contributed by atoms with Gasteiger partial charge in [0.05, 0.1) is 5.52 Å². The number of aromatic nitrogens is 1. The van der Waals surface area contributed by atoms with Crippen LogP contribution < -0.4 is 5.32 Å². The first-order valence-electron chi connectivity index (χ1n) is 5.85. The van der Waals surface area contributed by atoms with Gasteiger partial charge in [0.25, 0.3) is 0 Å². The predicted octanol–water partition coefficient (Wildman–Crippen LogP) is 4.25. The Balaban J connectivity index is 2.83. The topological polar surface area (TPSA) is 24.9 Å². The second-order valence-electron chi connectivity index (χ2n) is 4.35. The van der Waals surface area contributed by atoms with Gasteiger partial charge in [-0.3, -0.25) is 4.98 Å². The van der Waals surface area contributed by atoms with Gasteiger partial charge >= 0.3 is 0 Å². The molecule has 1 heterocycles. The Morgan fingerprint density at radius 3 is 2.59 bits per heavy atom. The molecule has 1 aromatic heterocycles. The lowest BCUT2D eigenvalue weighted by atomic mass is 10.1. The lowest BCUT2D eigenvalue weighted by molar-refractivity contribution is 1.15. The molecule has 0 amide bonds. The number of nitrogens with zero attached hydrogens (tertiary/aromatic N) is 1. The van der Waals surface area contributed by atoms with Gasteiger partial charge in [0.15, 0.2) is 0 Å². The molecule has 90 valence electrons. The van der Waals surface area contributed by atoms with E-state index in [1.54, 1.807) is 0 Å². The summed E-state index contributed by atoms with van der Waals surface area (Å²) in [6.07, 6.45) is 0. The second-order valence-corrected chi connectivity index (χ2v) is 4.75. The molecular weight excluding hydrogens is 232 g/mol. The Kier molecular flexibility index (Phi) is 3.25. The molecule has 0 saturated carbocycles. The largest absolute Gasteiger partial charge is 0.385 e. The van der Waals surface area contributed by atoms with Crippen LogP contribution in [0.3, 0.4) is 0 Å². The number of rotatable bonds is 2. The molecule has 2 rings (SSSR count). The SMILES string of the molecule is CCNc1c(C)c(C)nc2cc(Cl)c(C)cc12. The predicted molar refractivity (Wildman–Crippen MR) is 75.1 cm³/mol. The van der Waals surface area contributed by atoms with E-state index in [2.05, 4.69) is 30.2 Å². The van der Waals surface area contributed by atoms with E-state index in [0.29, 0.717) is 0 Å². The zero-order valence-electron chi connectivity index (χ0n) is 10.7. The fourth-order valence-electron chi connectivity index (χ4n) is 2.02. The highest BCUT2D eigenvalue weighted by molar-refractivity contribution is 6.32. The van der Waals surface area contributed by atoms with Crippen molar-refractivity contribution in [2.45, 2.75) is 27.7 Å². The highest BCUT2D eigenvalue weighted by atomic mass is 35.5. The normalized spacial score (nSPS) is 10.9. The van der Waals surface area contributed by atoms with Crippen molar-refractivity contribution in [3.05, 3.63) is 34.0 Å². The van der Waals surface area contributed by atoms with Crippen molar-refractivity contribution in [2.24, 2.45) is 0 Å². The summed E-state index contributed by atoms with van der Waals surface area (Å²) in [5, 5.41) is 5.35. The van der Waals surface area contributed by atoms with Crippen LogP contribution in [0.5, 0.6) is 0 Å². The Morgan fingerprint density at radius 2 is 1.94 bits per heavy atom. The number of fused-ring (bicyclic) bond motifs is 1. The lowest BCUT2D eigenvalue weighted by Gasteiger charge is -2.14. The highest BCUT2D eigenvalue weighted by Crippen LogP contribution is 2.31. The molecular formula is C14H17ClN2. The average Bonchev–Trinajstić information content (AvgIpc) is 2.28. The van der Waals surface area contributed by atoms with E-state index in [1.807, 2.05) is 19.9 Å². The Hall–Kier alpha value is -1.28. The first kappa shape index (κ1) is 12.2. The Morgan fingerprint density at radius 1 is 1.24 bits per heavy atom. The maximum absolute atomic E-state index is 6.15. The minimum absolute atomic E-state index is 0.774. The van der Waals surface area contributed by atoms with Gasteiger partial charge < -0.3 is 5.32 Å². The van der Waals surface area contributed by atoms with E-state index in [9.17, 15) is 0 Å². The number of pyridine rings is 1. The van der Waals surface area contributed by atoms with Crippen LogP contribution in [0.15, 0.2) is 12.1 Å². The van der Waals surface area contributed by atoms with Crippen LogP contribution in [0.25, 0.3) is 10.9 Å². The van der Waals surface area contributed by atoms with Crippen LogP contribution in [0.4, 0.5) is 5.69 Å². The molecule has 0 aliphatic rings. The summed E-state index contributed by atoms with van der Waals surface area (Å²) >= 11 is 6.15. The molecule has 0 aliphatic heterocycles. The quantitative estimate of drug-likeness (QED) is 0.860. The van der Waals surface area contributed by atoms with Gasteiger partial charge in [-0.2, -0.15) is 0 Å². The molecule has 0 saturated heterocycles. The number of hydrogen-bond donors (Lipinski definition) is 1. The number of benzene rings is 1. The maximum atomic E-state index is 6.15. The van der Waals surface area contributed by atoms with Gasteiger partial charge in [-0.15, -0.1) is 0 Å². The molecule has 0 aliphatic carbocycles. The van der Waals surface area contributed by atoms with Gasteiger partial charge in [-0.25, -0.2) is 0 Å². The number of hydrogen-bond acceptors (Lipinski definition) is 2. The molecule has 0 bridgehead atoms. The minimum atomic E-state index is 0.774. The summed E-state index contributed by atoms with van der Waals surface area (Å²) in [4.78, 5) is 4.60. The fraction of sp³-hybridized carbons (Fsp3) is 0.357. The monoisotopic (exact) mass is 248 g/mol. The van der Waals surface area contributed by atoms with Gasteiger partial charge in [0.2, 0.25) is 0 Å². The molecule has 0 atom stereocenters. The summed E-state index contributed by atoms with van der Waals surface area (Å²) in [5.74, 6) is 0. The third-order valence-electron chi connectivity index (χ3n) is 3.11. The summed E-state index contributed by atoms with van der Waals surface area (Å²) in [6, 6.07) is 4.05. The van der Waals surface area contributed by atoms with Crippen LogP contribution in [0.2, 0.25) is 5.02 Å². The summed E-state index contributed by atoms with van der Waals surface area (Å²) in [7, 11) is 0. The maximum Gasteiger partial charge on any atom is 0.0741 e. The van der Waals surface area contributed by atoms with E-state index < -0.39 is 0 Å². The summed E-state index contributed by atoms with van der Waals surface area (Å²) < 4.78 is 0. The van der Waals surface area contributed by atoms with Crippen molar-refractivity contribution < 1.29 is 0 Å². The number of nitrogens with one attached hydrogen (secondary N) is 1. The average molecular weight is 249 g/mol. The molecule has 0 unspecified atom stereocenters. The Bertz CT molecular complexity index is 571. The van der Waals surface area contributed by atoms with Gasteiger partial charge in [0, 0.05) is 28.3 Å². The lowest BCUT2D eigenvalue weighted by Crippen LogP contribution is -2.03. The second kappa shape index (κ2) is 4.53. The van der Waals surface area contributed by atoms with Crippen molar-refractivity contribution in [3.8, 4) is 0 Å². The van der Waals surface area contributed by atoms with Crippen molar-refractivity contribution in [1.82, 2.24) is 4.98 Å². The van der Waals surface area contributed by atoms with Crippen LogP contribution in [-0.2, 0) is 0 Å². The first-order chi connectivity index (χ1) is 8.04. The van der Waals surface area contributed by atoms with E-state index in [4.69, 9.17) is 11.6 Å². The fourth-order valence-corrected chi connectivity index (χ4v) is 2.17. The summed E-state index contributed by atoms with van der Waals surface area (Å²) in [5.41, 5.74) is 5.48. The molecule has 1 aromatic carbocycles. The number of aryl methyl sites for hydroxylation is 2. The smallest absolute Gasteiger partial charge is 0.0741 e. The van der Waals surface area contributed by atoms with Gasteiger partial charge in [-0.1, -0.05) is 11.6 Å². The summed E-state index contributed by atoms with van der Waals surface area (Å²) in [6.45, 7) is 9.16. The van der Waals surface area contributed by atoms with Crippen molar-refractivity contribution in [1.29, 1.82) is 0 Å². The van der Waals surface area contributed by atoms with Crippen LogP contribution >= 0.6 is 11.6 Å². The van der Waals surface area contributed by atoms with Crippen LogP contribution in [0.1, 0.15) is 23.7 Å². The van der Waals surface area contributed by atoms with Crippen LogP contribution in [-0.4, -0.2) is 11.5 Å².